The van der Waals surface area contributed by atoms with Crippen molar-refractivity contribution in [2.75, 3.05) is 5.32 Å². The molecule has 2 unspecified atom stereocenters. The standard InChI is InChI=1S/C26H22N4O4/c31-23-13-10-19(27-23)14-16-6-8-18(9-7-16)28-25(17-4-2-1-3-5-17)24-21-15-20(30(33)34)11-12-22(21)29-26(24)32/h1-9,11-12,15,19,24H,10,13-14H2,(H,27,31)(H,29,32). The minimum absolute atomic E-state index is 0.0731. The molecule has 0 spiro atoms. The molecule has 2 aliphatic heterocycles. The molecule has 3 aromatic carbocycles. The molecule has 0 radical (unpaired) electrons. The number of nitro groups is 1. The van der Waals surface area contributed by atoms with Crippen LogP contribution >= 0.6 is 0 Å². The number of anilines is 1. The summed E-state index contributed by atoms with van der Waals surface area (Å²) in [6, 6.07) is 21.6. The monoisotopic (exact) mass is 454 g/mol. The molecule has 2 N–H and O–H groups in total. The van der Waals surface area contributed by atoms with Gasteiger partial charge in [-0.2, -0.15) is 0 Å². The van der Waals surface area contributed by atoms with Crippen molar-refractivity contribution in [1.82, 2.24) is 5.32 Å². The van der Waals surface area contributed by atoms with Gasteiger partial charge in [0.15, 0.2) is 0 Å². The summed E-state index contributed by atoms with van der Waals surface area (Å²) in [5.41, 5.74) is 4.06. The Morgan fingerprint density at radius 1 is 1.03 bits per heavy atom. The van der Waals surface area contributed by atoms with Crippen molar-refractivity contribution in [3.05, 3.63) is 99.6 Å². The highest BCUT2D eigenvalue weighted by molar-refractivity contribution is 6.24. The van der Waals surface area contributed by atoms with E-state index in [0.29, 0.717) is 29.1 Å². The van der Waals surface area contributed by atoms with Crippen molar-refractivity contribution in [3.8, 4) is 0 Å². The quantitative estimate of drug-likeness (QED) is 0.329. The highest BCUT2D eigenvalue weighted by Crippen LogP contribution is 2.38. The van der Waals surface area contributed by atoms with Crippen molar-refractivity contribution in [1.29, 1.82) is 0 Å². The normalized spacial score (nSPS) is 19.5. The number of aliphatic imine (C=N–C) groups is 1. The number of rotatable bonds is 6. The number of nitro benzene ring substituents is 1. The average molecular weight is 454 g/mol. The number of hydrogen-bond acceptors (Lipinski definition) is 5. The fraction of sp³-hybridized carbons (Fsp3) is 0.192. The predicted octanol–water partition coefficient (Wildman–Crippen LogP) is 4.27. The third-order valence-electron chi connectivity index (χ3n) is 6.17. The zero-order valence-corrected chi connectivity index (χ0v) is 18.2. The first-order valence-corrected chi connectivity index (χ1v) is 11.1. The van der Waals surface area contributed by atoms with Gasteiger partial charge in [0.2, 0.25) is 11.8 Å². The highest BCUT2D eigenvalue weighted by atomic mass is 16.6. The lowest BCUT2D eigenvalue weighted by Crippen LogP contribution is -2.27. The summed E-state index contributed by atoms with van der Waals surface area (Å²) >= 11 is 0. The zero-order valence-electron chi connectivity index (χ0n) is 18.2. The van der Waals surface area contributed by atoms with E-state index in [9.17, 15) is 19.7 Å². The van der Waals surface area contributed by atoms with Gasteiger partial charge < -0.3 is 10.6 Å². The number of non-ortho nitro benzene ring substituents is 1. The number of carbonyl (C=O) groups excluding carboxylic acids is 2. The van der Waals surface area contributed by atoms with E-state index in [1.165, 1.54) is 12.1 Å². The number of amides is 2. The molecule has 1 saturated heterocycles. The third kappa shape index (κ3) is 4.30. The van der Waals surface area contributed by atoms with Crippen molar-refractivity contribution in [3.63, 3.8) is 0 Å². The second-order valence-corrected chi connectivity index (χ2v) is 8.49. The summed E-state index contributed by atoms with van der Waals surface area (Å²) in [4.78, 5) is 40.2. The van der Waals surface area contributed by atoms with E-state index >= 15 is 0 Å². The van der Waals surface area contributed by atoms with Crippen LogP contribution < -0.4 is 10.6 Å². The fourth-order valence-electron chi connectivity index (χ4n) is 4.50. The van der Waals surface area contributed by atoms with Crippen LogP contribution in [-0.2, 0) is 16.0 Å². The minimum atomic E-state index is -0.773. The van der Waals surface area contributed by atoms with E-state index < -0.39 is 10.8 Å². The second-order valence-electron chi connectivity index (χ2n) is 8.49. The Hall–Kier alpha value is -4.33. The maximum absolute atomic E-state index is 13.0. The van der Waals surface area contributed by atoms with Gasteiger partial charge in [-0.25, -0.2) is 0 Å². The van der Waals surface area contributed by atoms with Crippen LogP contribution in [0.4, 0.5) is 17.1 Å². The van der Waals surface area contributed by atoms with Gasteiger partial charge in [0.1, 0.15) is 5.92 Å². The first-order chi connectivity index (χ1) is 16.5. The number of hydrogen-bond donors (Lipinski definition) is 2. The largest absolute Gasteiger partial charge is 0.353 e. The Kier molecular flexibility index (Phi) is 5.63. The maximum Gasteiger partial charge on any atom is 0.269 e. The van der Waals surface area contributed by atoms with Crippen LogP contribution in [0.2, 0.25) is 0 Å². The lowest BCUT2D eigenvalue weighted by Gasteiger charge is -2.14. The van der Waals surface area contributed by atoms with E-state index in [1.807, 2.05) is 54.6 Å². The van der Waals surface area contributed by atoms with E-state index in [1.54, 1.807) is 6.07 Å². The molecule has 2 atom stereocenters. The van der Waals surface area contributed by atoms with E-state index in [0.717, 1.165) is 24.0 Å². The van der Waals surface area contributed by atoms with Crippen molar-refractivity contribution in [2.24, 2.45) is 4.99 Å². The molecule has 0 bridgehead atoms. The number of carbonyl (C=O) groups is 2. The summed E-state index contributed by atoms with van der Waals surface area (Å²) in [6.45, 7) is 0. The van der Waals surface area contributed by atoms with Gasteiger partial charge >= 0.3 is 0 Å². The van der Waals surface area contributed by atoms with E-state index in [-0.39, 0.29) is 23.5 Å². The molecule has 2 heterocycles. The molecule has 0 aliphatic carbocycles. The number of nitrogens with one attached hydrogen (secondary N) is 2. The van der Waals surface area contributed by atoms with Crippen molar-refractivity contribution in [2.45, 2.75) is 31.2 Å². The molecule has 5 rings (SSSR count). The van der Waals surface area contributed by atoms with Crippen LogP contribution in [0.15, 0.2) is 77.8 Å². The van der Waals surface area contributed by atoms with Gasteiger partial charge in [0.05, 0.1) is 16.3 Å². The Labute approximate surface area is 195 Å². The molecule has 2 aliphatic rings. The molecule has 8 heteroatoms. The average Bonchev–Trinajstić information content (AvgIpc) is 3.40. The SMILES string of the molecule is O=C1CCC(Cc2ccc(N=C(c3ccccc3)C3C(=O)Nc4ccc([N+](=O)[O-])cc43)cc2)N1. The first kappa shape index (κ1) is 21.5. The zero-order chi connectivity index (χ0) is 23.7. The van der Waals surface area contributed by atoms with Gasteiger partial charge in [-0.15, -0.1) is 0 Å². The number of fused-ring (bicyclic) bond motifs is 1. The van der Waals surface area contributed by atoms with Crippen LogP contribution in [0.5, 0.6) is 0 Å². The number of benzene rings is 3. The lowest BCUT2D eigenvalue weighted by atomic mass is 9.90. The molecule has 3 aromatic rings. The Morgan fingerprint density at radius 3 is 2.47 bits per heavy atom. The molecule has 1 fully saturated rings. The summed E-state index contributed by atoms with van der Waals surface area (Å²) in [6.07, 6.45) is 2.15. The lowest BCUT2D eigenvalue weighted by molar-refractivity contribution is -0.384. The molecular formula is C26H22N4O4. The van der Waals surface area contributed by atoms with Gasteiger partial charge in [-0.05, 0) is 42.2 Å². The molecule has 170 valence electrons. The predicted molar refractivity (Wildman–Crippen MR) is 128 cm³/mol. The van der Waals surface area contributed by atoms with Crippen LogP contribution in [0.25, 0.3) is 0 Å². The molecule has 0 aromatic heterocycles. The summed E-state index contributed by atoms with van der Waals surface area (Å²) in [5.74, 6) is -0.952. The van der Waals surface area contributed by atoms with Gasteiger partial charge in [-0.3, -0.25) is 24.7 Å². The first-order valence-electron chi connectivity index (χ1n) is 11.1. The van der Waals surface area contributed by atoms with Gasteiger partial charge in [0, 0.05) is 35.8 Å². The Morgan fingerprint density at radius 2 is 1.79 bits per heavy atom. The number of nitrogens with zero attached hydrogens (tertiary/aromatic N) is 2. The van der Waals surface area contributed by atoms with Crippen molar-refractivity contribution >= 4 is 34.6 Å². The minimum Gasteiger partial charge on any atom is -0.353 e. The smallest absolute Gasteiger partial charge is 0.269 e. The van der Waals surface area contributed by atoms with Crippen LogP contribution in [0, 0.1) is 10.1 Å². The van der Waals surface area contributed by atoms with E-state index in [4.69, 9.17) is 4.99 Å². The summed E-state index contributed by atoms with van der Waals surface area (Å²) < 4.78 is 0. The summed E-state index contributed by atoms with van der Waals surface area (Å²) in [5, 5.41) is 17.1. The highest BCUT2D eigenvalue weighted by Gasteiger charge is 2.36. The maximum atomic E-state index is 13.0. The van der Waals surface area contributed by atoms with Crippen LogP contribution in [-0.4, -0.2) is 28.5 Å². The molecular weight excluding hydrogens is 432 g/mol. The molecule has 8 nitrogen and oxygen atoms in total. The molecule has 2 amide bonds. The second kappa shape index (κ2) is 8.90. The Balaban J connectivity index is 1.51. The fourth-order valence-corrected chi connectivity index (χ4v) is 4.50. The van der Waals surface area contributed by atoms with E-state index in [2.05, 4.69) is 10.6 Å². The van der Waals surface area contributed by atoms with Crippen molar-refractivity contribution < 1.29 is 14.5 Å². The topological polar surface area (TPSA) is 114 Å². The van der Waals surface area contributed by atoms with Gasteiger partial charge in [-0.1, -0.05) is 42.5 Å². The van der Waals surface area contributed by atoms with Gasteiger partial charge in [0.25, 0.3) is 5.69 Å². The summed E-state index contributed by atoms with van der Waals surface area (Å²) in [7, 11) is 0. The van der Waals surface area contributed by atoms with Crippen LogP contribution in [0.3, 0.4) is 0 Å². The Bertz CT molecular complexity index is 1300. The molecule has 34 heavy (non-hydrogen) atoms. The third-order valence-corrected chi connectivity index (χ3v) is 6.17. The van der Waals surface area contributed by atoms with Crippen LogP contribution in [0.1, 0.15) is 35.4 Å². The molecule has 0 saturated carbocycles.